The Morgan fingerprint density at radius 3 is 2.60 bits per heavy atom. The molecule has 1 aromatic heterocycles. The molecule has 0 spiro atoms. The van der Waals surface area contributed by atoms with E-state index in [1.165, 1.54) is 32.0 Å². The number of anilines is 1. The molecule has 1 heterocycles. The monoisotopic (exact) mass is 383 g/mol. The molecule has 0 saturated carbocycles. The summed E-state index contributed by atoms with van der Waals surface area (Å²) in [6.07, 6.45) is 3.16. The van der Waals surface area contributed by atoms with Crippen LogP contribution in [0.4, 0.5) is 5.69 Å². The fourth-order valence-corrected chi connectivity index (χ4v) is 3.14. The molecule has 2 rings (SSSR count). The minimum absolute atomic E-state index is 0.0392. The first-order valence-corrected chi connectivity index (χ1v) is 9.17. The summed E-state index contributed by atoms with van der Waals surface area (Å²) in [6, 6.07) is 7.37. The number of aromatic nitrogens is 1. The third kappa shape index (κ3) is 5.23. The normalized spacial score (nSPS) is 12.0. The summed E-state index contributed by atoms with van der Waals surface area (Å²) < 4.78 is 27.1. The van der Waals surface area contributed by atoms with Gasteiger partial charge in [0, 0.05) is 18.9 Å². The molecule has 25 heavy (non-hydrogen) atoms. The standard InChI is InChI=1S/C16H18ClN3O4S/c1-16(2,22)15(21)20-14-6-5-12(8-13(14)17)25(23,24)19-10-11-4-3-7-18-9-11/h3-9,19,22H,10H2,1-2H3,(H,20,21). The number of halogens is 1. The van der Waals surface area contributed by atoms with Crippen LogP contribution in [0.25, 0.3) is 0 Å². The van der Waals surface area contributed by atoms with Gasteiger partial charge in [-0.3, -0.25) is 9.78 Å². The van der Waals surface area contributed by atoms with Gasteiger partial charge in [-0.2, -0.15) is 0 Å². The van der Waals surface area contributed by atoms with Gasteiger partial charge >= 0.3 is 0 Å². The highest BCUT2D eigenvalue weighted by molar-refractivity contribution is 7.89. The van der Waals surface area contributed by atoms with Crippen LogP contribution in [0, 0.1) is 0 Å². The molecule has 0 bridgehead atoms. The van der Waals surface area contributed by atoms with Crippen molar-refractivity contribution in [3.05, 3.63) is 53.3 Å². The van der Waals surface area contributed by atoms with Gasteiger partial charge in [-0.05, 0) is 43.7 Å². The molecular formula is C16H18ClN3O4S. The van der Waals surface area contributed by atoms with Gasteiger partial charge in [0.15, 0.2) is 0 Å². The number of nitrogens with zero attached hydrogens (tertiary/aromatic N) is 1. The molecule has 3 N–H and O–H groups in total. The lowest BCUT2D eigenvalue weighted by Gasteiger charge is -2.17. The van der Waals surface area contributed by atoms with E-state index in [2.05, 4.69) is 15.0 Å². The molecule has 9 heteroatoms. The van der Waals surface area contributed by atoms with Gasteiger partial charge < -0.3 is 10.4 Å². The highest BCUT2D eigenvalue weighted by atomic mass is 35.5. The second-order valence-corrected chi connectivity index (χ2v) is 8.01. The Kier molecular flexibility index (Phi) is 5.79. The molecular weight excluding hydrogens is 366 g/mol. The Labute approximate surface area is 151 Å². The van der Waals surface area contributed by atoms with E-state index >= 15 is 0 Å². The van der Waals surface area contributed by atoms with E-state index in [9.17, 15) is 18.3 Å². The topological polar surface area (TPSA) is 108 Å². The van der Waals surface area contributed by atoms with E-state index in [-0.39, 0.29) is 22.2 Å². The van der Waals surface area contributed by atoms with Gasteiger partial charge in [-0.1, -0.05) is 17.7 Å². The fourth-order valence-electron chi connectivity index (χ4n) is 1.80. The van der Waals surface area contributed by atoms with Crippen molar-refractivity contribution in [2.75, 3.05) is 5.32 Å². The number of rotatable bonds is 6. The lowest BCUT2D eigenvalue weighted by molar-refractivity contribution is -0.130. The number of sulfonamides is 1. The van der Waals surface area contributed by atoms with Crippen LogP contribution in [0.2, 0.25) is 5.02 Å². The zero-order valence-corrected chi connectivity index (χ0v) is 15.2. The van der Waals surface area contributed by atoms with Crippen LogP contribution in [0.5, 0.6) is 0 Å². The molecule has 0 aliphatic heterocycles. The molecule has 0 aliphatic carbocycles. The van der Waals surface area contributed by atoms with Crippen LogP contribution in [0.15, 0.2) is 47.6 Å². The Hall–Kier alpha value is -2.00. The van der Waals surface area contributed by atoms with Gasteiger partial charge in [-0.25, -0.2) is 13.1 Å². The molecule has 1 amide bonds. The van der Waals surface area contributed by atoms with Crippen LogP contribution in [-0.4, -0.2) is 30.0 Å². The fraction of sp³-hybridized carbons (Fsp3) is 0.250. The summed E-state index contributed by atoms with van der Waals surface area (Å²) in [5.41, 5.74) is -0.662. The largest absolute Gasteiger partial charge is 0.381 e. The van der Waals surface area contributed by atoms with Gasteiger partial charge in [0.05, 0.1) is 15.6 Å². The maximum absolute atomic E-state index is 12.3. The van der Waals surface area contributed by atoms with Gasteiger partial charge in [0.25, 0.3) is 5.91 Å². The molecule has 2 aromatic rings. The van der Waals surface area contributed by atoms with Crippen molar-refractivity contribution in [2.24, 2.45) is 0 Å². The summed E-state index contributed by atoms with van der Waals surface area (Å²) in [7, 11) is -3.78. The number of nitrogens with one attached hydrogen (secondary N) is 2. The molecule has 1 aromatic carbocycles. The molecule has 134 valence electrons. The van der Waals surface area contributed by atoms with E-state index in [4.69, 9.17) is 11.6 Å². The number of aliphatic hydroxyl groups is 1. The van der Waals surface area contributed by atoms with E-state index in [1.807, 2.05) is 0 Å². The number of amides is 1. The van der Waals surface area contributed by atoms with E-state index in [0.29, 0.717) is 5.56 Å². The quantitative estimate of drug-likeness (QED) is 0.706. The maximum atomic E-state index is 12.3. The first-order chi connectivity index (χ1) is 11.6. The molecule has 0 fully saturated rings. The van der Waals surface area contributed by atoms with Crippen molar-refractivity contribution < 1.29 is 18.3 Å². The highest BCUT2D eigenvalue weighted by Gasteiger charge is 2.25. The zero-order valence-electron chi connectivity index (χ0n) is 13.7. The van der Waals surface area contributed by atoms with Gasteiger partial charge in [0.1, 0.15) is 5.60 Å². The number of benzene rings is 1. The zero-order chi connectivity index (χ0) is 18.7. The summed E-state index contributed by atoms with van der Waals surface area (Å²) in [4.78, 5) is 15.6. The predicted molar refractivity (Wildman–Crippen MR) is 94.6 cm³/mol. The van der Waals surface area contributed by atoms with Crippen LogP contribution in [0.3, 0.4) is 0 Å². The Bertz CT molecular complexity index is 865. The minimum Gasteiger partial charge on any atom is -0.381 e. The molecule has 0 radical (unpaired) electrons. The summed E-state index contributed by atoms with van der Waals surface area (Å²) in [6.45, 7) is 2.75. The number of carbonyl (C=O) groups is 1. The lowest BCUT2D eigenvalue weighted by Crippen LogP contribution is -2.36. The van der Waals surface area contributed by atoms with E-state index < -0.39 is 21.5 Å². The van der Waals surface area contributed by atoms with E-state index in [1.54, 1.807) is 24.5 Å². The molecule has 0 aliphatic rings. The first kappa shape index (κ1) is 19.3. The number of hydrogen-bond acceptors (Lipinski definition) is 5. The van der Waals surface area contributed by atoms with Crippen molar-refractivity contribution >= 4 is 33.2 Å². The second kappa shape index (κ2) is 7.49. The molecule has 0 atom stereocenters. The van der Waals surface area contributed by atoms with Crippen LogP contribution >= 0.6 is 11.6 Å². The Balaban J connectivity index is 2.14. The van der Waals surface area contributed by atoms with Crippen molar-refractivity contribution in [3.63, 3.8) is 0 Å². The molecule has 0 saturated heterocycles. The Morgan fingerprint density at radius 2 is 2.04 bits per heavy atom. The van der Waals surface area contributed by atoms with E-state index in [0.717, 1.165) is 0 Å². The predicted octanol–water partition coefficient (Wildman–Crippen LogP) is 1.92. The second-order valence-electron chi connectivity index (χ2n) is 5.84. The smallest absolute Gasteiger partial charge is 0.255 e. The van der Waals surface area contributed by atoms with Crippen molar-refractivity contribution in [2.45, 2.75) is 30.9 Å². The van der Waals surface area contributed by atoms with Gasteiger partial charge in [-0.15, -0.1) is 0 Å². The number of carbonyl (C=O) groups excluding carboxylic acids is 1. The average molecular weight is 384 g/mol. The minimum atomic E-state index is -3.78. The Morgan fingerprint density at radius 1 is 1.32 bits per heavy atom. The van der Waals surface area contributed by atoms with Crippen molar-refractivity contribution in [3.8, 4) is 0 Å². The third-order valence-corrected chi connectivity index (χ3v) is 4.96. The van der Waals surface area contributed by atoms with Crippen molar-refractivity contribution in [1.29, 1.82) is 0 Å². The van der Waals surface area contributed by atoms with Crippen LogP contribution in [0.1, 0.15) is 19.4 Å². The molecule has 0 unspecified atom stereocenters. The average Bonchev–Trinajstić information content (AvgIpc) is 2.55. The van der Waals surface area contributed by atoms with Crippen molar-refractivity contribution in [1.82, 2.24) is 9.71 Å². The lowest BCUT2D eigenvalue weighted by atomic mass is 10.1. The first-order valence-electron chi connectivity index (χ1n) is 7.31. The summed E-state index contributed by atoms with van der Waals surface area (Å²) >= 11 is 6.05. The SMILES string of the molecule is CC(C)(O)C(=O)Nc1ccc(S(=O)(=O)NCc2cccnc2)cc1Cl. The number of pyridine rings is 1. The summed E-state index contributed by atoms with van der Waals surface area (Å²) in [5, 5.41) is 12.1. The third-order valence-electron chi connectivity index (χ3n) is 3.24. The molecule has 7 nitrogen and oxygen atoms in total. The number of hydrogen-bond donors (Lipinski definition) is 3. The summed E-state index contributed by atoms with van der Waals surface area (Å²) in [5.74, 6) is -0.653. The maximum Gasteiger partial charge on any atom is 0.255 e. The van der Waals surface area contributed by atoms with Crippen LogP contribution in [-0.2, 0) is 21.4 Å². The van der Waals surface area contributed by atoms with Gasteiger partial charge in [0.2, 0.25) is 10.0 Å². The highest BCUT2D eigenvalue weighted by Crippen LogP contribution is 2.26. The van der Waals surface area contributed by atoms with Crippen LogP contribution < -0.4 is 10.0 Å².